The van der Waals surface area contributed by atoms with Crippen LogP contribution in [-0.2, 0) is 11.2 Å². The van der Waals surface area contributed by atoms with Crippen molar-refractivity contribution in [1.29, 1.82) is 0 Å². The maximum absolute atomic E-state index is 12.4. The molecule has 0 aliphatic carbocycles. The summed E-state index contributed by atoms with van der Waals surface area (Å²) in [7, 11) is 0. The van der Waals surface area contributed by atoms with Gasteiger partial charge in [-0.1, -0.05) is 96.6 Å². The van der Waals surface area contributed by atoms with Gasteiger partial charge in [-0.2, -0.15) is 0 Å². The minimum atomic E-state index is 0.0495. The van der Waals surface area contributed by atoms with Gasteiger partial charge in [-0.25, -0.2) is 0 Å². The Hall–Kier alpha value is -1.84. The number of carbonyl (C=O) groups excluding carboxylic acids is 2. The average Bonchev–Trinajstić information content (AvgIpc) is 2.91. The third-order valence-corrected chi connectivity index (χ3v) is 7.83. The molecular weight excluding hydrogens is 444 g/mol. The predicted octanol–water partition coefficient (Wildman–Crippen LogP) is 8.09. The standard InChI is InChI=1S/C32H54N2O2/c1-3-5-7-8-9-10-11-12-13-15-25-33-32(36)30-21-19-28(20-22-30)17-18-29-23-26-34(27-24-29)31(35)16-14-6-4-2/h19-22,29H,3-18,23-27H2,1-2H3,(H,33,36). The second-order valence-corrected chi connectivity index (χ2v) is 11.0. The summed E-state index contributed by atoms with van der Waals surface area (Å²) in [5.41, 5.74) is 2.07. The van der Waals surface area contributed by atoms with Crippen molar-refractivity contribution in [3.8, 4) is 0 Å². The number of rotatable bonds is 19. The Morgan fingerprint density at radius 1 is 0.778 bits per heavy atom. The first kappa shape index (κ1) is 30.4. The van der Waals surface area contributed by atoms with Crippen molar-refractivity contribution in [2.75, 3.05) is 19.6 Å². The summed E-state index contributed by atoms with van der Waals surface area (Å²) in [6.45, 7) is 7.07. The first-order valence-corrected chi connectivity index (χ1v) is 15.3. The Morgan fingerprint density at radius 2 is 1.33 bits per heavy atom. The van der Waals surface area contributed by atoms with E-state index in [0.29, 0.717) is 11.8 Å². The van der Waals surface area contributed by atoms with Crippen LogP contribution in [0.2, 0.25) is 0 Å². The van der Waals surface area contributed by atoms with Gasteiger partial charge in [0, 0.05) is 31.6 Å². The van der Waals surface area contributed by atoms with Gasteiger partial charge in [0.2, 0.25) is 5.91 Å². The number of aryl methyl sites for hydroxylation is 1. The van der Waals surface area contributed by atoms with Gasteiger partial charge < -0.3 is 10.2 Å². The van der Waals surface area contributed by atoms with E-state index in [2.05, 4.69) is 36.2 Å². The van der Waals surface area contributed by atoms with E-state index in [-0.39, 0.29) is 5.91 Å². The van der Waals surface area contributed by atoms with Crippen molar-refractivity contribution in [2.45, 2.75) is 129 Å². The lowest BCUT2D eigenvalue weighted by Gasteiger charge is -2.32. The number of piperidine rings is 1. The van der Waals surface area contributed by atoms with Gasteiger partial charge in [0.1, 0.15) is 0 Å². The molecule has 0 unspecified atom stereocenters. The van der Waals surface area contributed by atoms with E-state index >= 15 is 0 Å². The van der Waals surface area contributed by atoms with Crippen LogP contribution in [-0.4, -0.2) is 36.3 Å². The molecule has 1 fully saturated rings. The Bertz CT molecular complexity index is 707. The molecule has 1 aromatic rings. The quantitative estimate of drug-likeness (QED) is 0.196. The highest BCUT2D eigenvalue weighted by molar-refractivity contribution is 5.94. The molecule has 4 nitrogen and oxygen atoms in total. The lowest BCUT2D eigenvalue weighted by molar-refractivity contribution is -0.132. The van der Waals surface area contributed by atoms with Crippen LogP contribution < -0.4 is 5.32 Å². The van der Waals surface area contributed by atoms with Gasteiger partial charge in [-0.15, -0.1) is 0 Å². The summed E-state index contributed by atoms with van der Waals surface area (Å²) in [5.74, 6) is 1.10. The largest absolute Gasteiger partial charge is 0.352 e. The number of hydrogen-bond donors (Lipinski definition) is 1. The number of carbonyl (C=O) groups is 2. The molecule has 36 heavy (non-hydrogen) atoms. The Kier molecular flexibility index (Phi) is 16.3. The molecular formula is C32H54N2O2. The van der Waals surface area contributed by atoms with Crippen LogP contribution in [0.4, 0.5) is 0 Å². The summed E-state index contributed by atoms with van der Waals surface area (Å²) in [4.78, 5) is 26.8. The highest BCUT2D eigenvalue weighted by Crippen LogP contribution is 2.23. The summed E-state index contributed by atoms with van der Waals surface area (Å²) in [5, 5.41) is 3.09. The van der Waals surface area contributed by atoms with Crippen molar-refractivity contribution >= 4 is 11.8 Å². The minimum Gasteiger partial charge on any atom is -0.352 e. The summed E-state index contributed by atoms with van der Waals surface area (Å²) >= 11 is 0. The van der Waals surface area contributed by atoms with E-state index < -0.39 is 0 Å². The number of nitrogens with one attached hydrogen (secondary N) is 1. The molecule has 1 aliphatic heterocycles. The van der Waals surface area contributed by atoms with E-state index in [1.54, 1.807) is 0 Å². The van der Waals surface area contributed by atoms with Gasteiger partial charge in [-0.05, 0) is 62.1 Å². The lowest BCUT2D eigenvalue weighted by atomic mass is 9.90. The van der Waals surface area contributed by atoms with Gasteiger partial charge in [0.15, 0.2) is 0 Å². The number of likely N-dealkylation sites (tertiary alicyclic amines) is 1. The van der Waals surface area contributed by atoms with Crippen LogP contribution >= 0.6 is 0 Å². The van der Waals surface area contributed by atoms with Crippen LogP contribution in [0.5, 0.6) is 0 Å². The second kappa shape index (κ2) is 19.3. The highest BCUT2D eigenvalue weighted by atomic mass is 16.2. The molecule has 1 aromatic carbocycles. The van der Waals surface area contributed by atoms with Crippen molar-refractivity contribution < 1.29 is 9.59 Å². The van der Waals surface area contributed by atoms with Crippen molar-refractivity contribution in [2.24, 2.45) is 5.92 Å². The first-order valence-electron chi connectivity index (χ1n) is 15.3. The molecule has 2 rings (SSSR count). The maximum Gasteiger partial charge on any atom is 0.251 e. The van der Waals surface area contributed by atoms with Gasteiger partial charge >= 0.3 is 0 Å². The third kappa shape index (κ3) is 12.9. The molecule has 0 atom stereocenters. The van der Waals surface area contributed by atoms with Gasteiger partial charge in [0.25, 0.3) is 5.91 Å². The third-order valence-electron chi connectivity index (χ3n) is 7.83. The fourth-order valence-corrected chi connectivity index (χ4v) is 5.27. The average molecular weight is 499 g/mol. The molecule has 0 spiro atoms. The zero-order valence-corrected chi connectivity index (χ0v) is 23.5. The fourth-order valence-electron chi connectivity index (χ4n) is 5.27. The number of hydrogen-bond acceptors (Lipinski definition) is 2. The topological polar surface area (TPSA) is 49.4 Å². The number of unbranched alkanes of at least 4 members (excludes halogenated alkanes) is 11. The zero-order valence-electron chi connectivity index (χ0n) is 23.5. The smallest absolute Gasteiger partial charge is 0.251 e. The van der Waals surface area contributed by atoms with E-state index in [4.69, 9.17) is 0 Å². The highest BCUT2D eigenvalue weighted by Gasteiger charge is 2.22. The van der Waals surface area contributed by atoms with Crippen molar-refractivity contribution in [1.82, 2.24) is 10.2 Å². The number of benzene rings is 1. The normalized spacial score (nSPS) is 14.2. The van der Waals surface area contributed by atoms with Crippen molar-refractivity contribution in [3.63, 3.8) is 0 Å². The number of nitrogens with zero attached hydrogens (tertiary/aromatic N) is 1. The Balaban J connectivity index is 1.52. The van der Waals surface area contributed by atoms with E-state index in [9.17, 15) is 9.59 Å². The summed E-state index contributed by atoms with van der Waals surface area (Å²) in [6, 6.07) is 8.17. The number of amides is 2. The van der Waals surface area contributed by atoms with Crippen molar-refractivity contribution in [3.05, 3.63) is 35.4 Å². The molecule has 0 radical (unpaired) electrons. The molecule has 1 aliphatic rings. The lowest BCUT2D eigenvalue weighted by Crippen LogP contribution is -2.38. The van der Waals surface area contributed by atoms with Crippen LogP contribution in [0.25, 0.3) is 0 Å². The second-order valence-electron chi connectivity index (χ2n) is 11.0. The summed E-state index contributed by atoms with van der Waals surface area (Å²) < 4.78 is 0. The van der Waals surface area contributed by atoms with Gasteiger partial charge in [0.05, 0.1) is 0 Å². The van der Waals surface area contributed by atoms with E-state index in [0.717, 1.165) is 70.1 Å². The van der Waals surface area contributed by atoms with E-state index in [1.165, 1.54) is 76.2 Å². The molecule has 204 valence electrons. The Morgan fingerprint density at radius 3 is 1.94 bits per heavy atom. The molecule has 4 heteroatoms. The molecule has 0 aromatic heterocycles. The molecule has 1 heterocycles. The zero-order chi connectivity index (χ0) is 25.8. The van der Waals surface area contributed by atoms with Crippen LogP contribution in [0, 0.1) is 5.92 Å². The first-order chi connectivity index (χ1) is 17.6. The summed E-state index contributed by atoms with van der Waals surface area (Å²) in [6.07, 6.45) is 21.7. The fraction of sp³-hybridized carbons (Fsp3) is 0.750. The monoisotopic (exact) mass is 498 g/mol. The maximum atomic E-state index is 12.4. The Labute approximate surface area is 222 Å². The molecule has 1 saturated heterocycles. The van der Waals surface area contributed by atoms with Gasteiger partial charge in [-0.3, -0.25) is 9.59 Å². The molecule has 0 saturated carbocycles. The SMILES string of the molecule is CCCCCCCCCCCCNC(=O)c1ccc(CCC2CCN(C(=O)CCCCC)CC2)cc1. The van der Waals surface area contributed by atoms with Crippen LogP contribution in [0.3, 0.4) is 0 Å². The molecule has 0 bridgehead atoms. The molecule has 2 amide bonds. The van der Waals surface area contributed by atoms with Crippen LogP contribution in [0.15, 0.2) is 24.3 Å². The van der Waals surface area contributed by atoms with E-state index in [1.807, 2.05) is 12.1 Å². The predicted molar refractivity (Wildman–Crippen MR) is 152 cm³/mol. The molecule has 1 N–H and O–H groups in total. The minimum absolute atomic E-state index is 0.0495. The van der Waals surface area contributed by atoms with Crippen LogP contribution in [0.1, 0.15) is 139 Å².